The van der Waals surface area contributed by atoms with Gasteiger partial charge in [0.15, 0.2) is 0 Å². The third-order valence-electron chi connectivity index (χ3n) is 2.96. The lowest BCUT2D eigenvalue weighted by atomic mass is 10.1. The highest BCUT2D eigenvalue weighted by molar-refractivity contribution is 5.78. The molecule has 1 amide bonds. The van der Waals surface area contributed by atoms with Gasteiger partial charge >= 0.3 is 6.36 Å². The second-order valence-corrected chi connectivity index (χ2v) is 4.74. The molecule has 23 heavy (non-hydrogen) atoms. The second-order valence-electron chi connectivity index (χ2n) is 4.74. The van der Waals surface area contributed by atoms with Crippen LogP contribution >= 0.6 is 0 Å². The summed E-state index contributed by atoms with van der Waals surface area (Å²) in [6.07, 6.45) is -4.85. The summed E-state index contributed by atoms with van der Waals surface area (Å²) in [6.45, 7) is 0.125. The molecule has 3 nitrogen and oxygen atoms in total. The molecule has 1 N–H and O–H groups in total. The van der Waals surface area contributed by atoms with E-state index >= 15 is 0 Å². The molecular weight excluding hydrogens is 314 g/mol. The Balaban J connectivity index is 1.86. The number of amides is 1. The second kappa shape index (κ2) is 7.13. The molecule has 0 saturated carbocycles. The molecule has 7 heteroatoms. The number of hydrogen-bond acceptors (Lipinski definition) is 2. The predicted molar refractivity (Wildman–Crippen MR) is 75.1 cm³/mol. The first kappa shape index (κ1) is 16.8. The van der Waals surface area contributed by atoms with Gasteiger partial charge in [0.2, 0.25) is 5.91 Å². The van der Waals surface area contributed by atoms with Crippen molar-refractivity contribution in [3.8, 4) is 5.75 Å². The fourth-order valence-corrected chi connectivity index (χ4v) is 1.89. The number of carbonyl (C=O) groups is 1. The highest BCUT2D eigenvalue weighted by atomic mass is 19.4. The van der Waals surface area contributed by atoms with E-state index in [1.807, 2.05) is 0 Å². The molecule has 2 rings (SSSR count). The summed E-state index contributed by atoms with van der Waals surface area (Å²) in [5.74, 6) is -1.18. The lowest BCUT2D eigenvalue weighted by Gasteiger charge is -2.10. The van der Waals surface area contributed by atoms with Crippen molar-refractivity contribution in [3.63, 3.8) is 0 Å². The zero-order valence-corrected chi connectivity index (χ0v) is 11.9. The Morgan fingerprint density at radius 3 is 2.30 bits per heavy atom. The lowest BCUT2D eigenvalue weighted by molar-refractivity contribution is -0.274. The maximum atomic E-state index is 13.4. The van der Waals surface area contributed by atoms with Crippen molar-refractivity contribution in [2.45, 2.75) is 19.3 Å². The van der Waals surface area contributed by atoms with Crippen LogP contribution in [0.25, 0.3) is 0 Å². The number of rotatable bonds is 5. The van der Waals surface area contributed by atoms with Gasteiger partial charge in [0, 0.05) is 6.54 Å². The molecule has 0 aliphatic heterocycles. The Hall–Kier alpha value is -2.57. The third kappa shape index (κ3) is 5.61. The van der Waals surface area contributed by atoms with Crippen LogP contribution in [0.15, 0.2) is 48.5 Å². The SMILES string of the molecule is O=C(Cc1ccccc1F)NCc1ccc(OC(F)(F)F)cc1. The van der Waals surface area contributed by atoms with E-state index in [4.69, 9.17) is 0 Å². The molecule has 0 aliphatic carbocycles. The Morgan fingerprint density at radius 1 is 1.04 bits per heavy atom. The van der Waals surface area contributed by atoms with Crippen LogP contribution in [0.1, 0.15) is 11.1 Å². The van der Waals surface area contributed by atoms with E-state index in [9.17, 15) is 22.4 Å². The Morgan fingerprint density at radius 2 is 1.70 bits per heavy atom. The van der Waals surface area contributed by atoms with Crippen LogP contribution in [-0.4, -0.2) is 12.3 Å². The molecule has 0 unspecified atom stereocenters. The number of benzene rings is 2. The van der Waals surface area contributed by atoms with Gasteiger partial charge in [-0.2, -0.15) is 0 Å². The van der Waals surface area contributed by atoms with Crippen molar-refractivity contribution >= 4 is 5.91 Å². The zero-order valence-electron chi connectivity index (χ0n) is 11.9. The van der Waals surface area contributed by atoms with Crippen molar-refractivity contribution in [1.82, 2.24) is 5.32 Å². The summed E-state index contributed by atoms with van der Waals surface area (Å²) in [5.41, 5.74) is 0.875. The maximum Gasteiger partial charge on any atom is 0.573 e. The molecule has 0 radical (unpaired) electrons. The van der Waals surface area contributed by atoms with Gasteiger partial charge in [-0.25, -0.2) is 4.39 Å². The van der Waals surface area contributed by atoms with E-state index in [1.54, 1.807) is 6.07 Å². The van der Waals surface area contributed by atoms with Gasteiger partial charge in [-0.3, -0.25) is 4.79 Å². The molecule has 0 heterocycles. The van der Waals surface area contributed by atoms with Gasteiger partial charge in [0.05, 0.1) is 6.42 Å². The standard InChI is InChI=1S/C16H13F4NO2/c17-14-4-2-1-3-12(14)9-15(22)21-10-11-5-7-13(8-6-11)23-16(18,19)20/h1-8H,9-10H2,(H,21,22). The van der Waals surface area contributed by atoms with Gasteiger partial charge in [-0.1, -0.05) is 30.3 Å². The molecule has 0 bridgehead atoms. The fraction of sp³-hybridized carbons (Fsp3) is 0.188. The molecule has 0 aromatic heterocycles. The van der Waals surface area contributed by atoms with E-state index in [2.05, 4.69) is 10.1 Å². The average molecular weight is 327 g/mol. The molecule has 2 aromatic rings. The van der Waals surface area contributed by atoms with E-state index < -0.39 is 12.2 Å². The van der Waals surface area contributed by atoms with E-state index in [1.165, 1.54) is 30.3 Å². The summed E-state index contributed by atoms with van der Waals surface area (Å²) in [7, 11) is 0. The molecule has 0 saturated heterocycles. The normalized spacial score (nSPS) is 11.1. The van der Waals surface area contributed by atoms with E-state index in [0.717, 1.165) is 12.1 Å². The first-order chi connectivity index (χ1) is 10.8. The van der Waals surface area contributed by atoms with Crippen molar-refractivity contribution in [2.75, 3.05) is 0 Å². The van der Waals surface area contributed by atoms with Crippen LogP contribution in [0.5, 0.6) is 5.75 Å². The molecule has 0 atom stereocenters. The van der Waals surface area contributed by atoms with Crippen LogP contribution in [-0.2, 0) is 17.8 Å². The van der Waals surface area contributed by atoms with Gasteiger partial charge in [0.1, 0.15) is 11.6 Å². The van der Waals surface area contributed by atoms with E-state index in [0.29, 0.717) is 5.56 Å². The summed E-state index contributed by atoms with van der Waals surface area (Å²) in [4.78, 5) is 11.7. The molecular formula is C16H13F4NO2. The Labute approximate surface area is 129 Å². The Bertz CT molecular complexity index is 669. The number of ether oxygens (including phenoxy) is 1. The van der Waals surface area contributed by atoms with Crippen LogP contribution < -0.4 is 10.1 Å². The molecule has 0 fully saturated rings. The minimum atomic E-state index is -4.74. The summed E-state index contributed by atoms with van der Waals surface area (Å²) in [5, 5.41) is 2.57. The van der Waals surface area contributed by atoms with Crippen LogP contribution in [0, 0.1) is 5.82 Å². The molecule has 122 valence electrons. The van der Waals surface area contributed by atoms with Gasteiger partial charge in [-0.15, -0.1) is 13.2 Å². The number of alkyl halides is 3. The highest BCUT2D eigenvalue weighted by Gasteiger charge is 2.30. The number of carbonyl (C=O) groups excluding carboxylic acids is 1. The number of halogens is 4. The quantitative estimate of drug-likeness (QED) is 0.853. The largest absolute Gasteiger partial charge is 0.573 e. The minimum absolute atomic E-state index is 0.109. The topological polar surface area (TPSA) is 38.3 Å². The summed E-state index contributed by atoms with van der Waals surface area (Å²) >= 11 is 0. The molecule has 2 aromatic carbocycles. The summed E-state index contributed by atoms with van der Waals surface area (Å²) < 4.78 is 53.2. The monoisotopic (exact) mass is 327 g/mol. The van der Waals surface area contributed by atoms with E-state index in [-0.39, 0.29) is 30.2 Å². The highest BCUT2D eigenvalue weighted by Crippen LogP contribution is 2.22. The van der Waals surface area contributed by atoms with Crippen LogP contribution in [0.4, 0.5) is 17.6 Å². The van der Waals surface area contributed by atoms with Crippen LogP contribution in [0.2, 0.25) is 0 Å². The smallest absolute Gasteiger partial charge is 0.406 e. The van der Waals surface area contributed by atoms with Gasteiger partial charge in [0.25, 0.3) is 0 Å². The van der Waals surface area contributed by atoms with Gasteiger partial charge < -0.3 is 10.1 Å². The third-order valence-corrected chi connectivity index (χ3v) is 2.96. The number of hydrogen-bond donors (Lipinski definition) is 1. The van der Waals surface area contributed by atoms with Gasteiger partial charge in [-0.05, 0) is 29.3 Å². The first-order valence-electron chi connectivity index (χ1n) is 6.68. The minimum Gasteiger partial charge on any atom is -0.406 e. The van der Waals surface area contributed by atoms with Crippen molar-refractivity contribution in [2.24, 2.45) is 0 Å². The average Bonchev–Trinajstić information content (AvgIpc) is 2.47. The maximum absolute atomic E-state index is 13.4. The van der Waals surface area contributed by atoms with Crippen LogP contribution in [0.3, 0.4) is 0 Å². The van der Waals surface area contributed by atoms with Crippen molar-refractivity contribution in [3.05, 3.63) is 65.5 Å². The number of nitrogens with one attached hydrogen (secondary N) is 1. The van der Waals surface area contributed by atoms with Crippen molar-refractivity contribution in [1.29, 1.82) is 0 Å². The molecule has 0 spiro atoms. The predicted octanol–water partition coefficient (Wildman–Crippen LogP) is 3.58. The summed E-state index contributed by atoms with van der Waals surface area (Å²) in [6, 6.07) is 11.1. The van der Waals surface area contributed by atoms with Crippen molar-refractivity contribution < 1.29 is 27.1 Å². The fourth-order valence-electron chi connectivity index (χ4n) is 1.89. The Kier molecular flexibility index (Phi) is 5.20. The molecule has 0 aliphatic rings. The zero-order chi connectivity index (χ0) is 16.9. The first-order valence-corrected chi connectivity index (χ1v) is 6.68. The lowest BCUT2D eigenvalue weighted by Crippen LogP contribution is -2.25.